The van der Waals surface area contributed by atoms with E-state index in [1.807, 2.05) is 19.1 Å². The third kappa shape index (κ3) is 4.55. The number of rotatable bonds is 9. The summed E-state index contributed by atoms with van der Waals surface area (Å²) in [6.07, 6.45) is 9.76. The molecule has 0 spiro atoms. The average Bonchev–Trinajstić information content (AvgIpc) is 3.60. The van der Waals surface area contributed by atoms with Crippen molar-refractivity contribution in [2.24, 2.45) is 11.8 Å². The lowest BCUT2D eigenvalue weighted by Crippen LogP contribution is -2.24. The Morgan fingerprint density at radius 2 is 1.79 bits per heavy atom. The molecule has 4 nitrogen and oxygen atoms in total. The summed E-state index contributed by atoms with van der Waals surface area (Å²) in [4.78, 5) is 13.4. The number of hydrogen-bond acceptors (Lipinski definition) is 4. The first-order valence-corrected chi connectivity index (χ1v) is 13.0. The van der Waals surface area contributed by atoms with Crippen LogP contribution in [0.1, 0.15) is 94.6 Å². The molecule has 3 fully saturated rings. The first kappa shape index (κ1) is 20.9. The van der Waals surface area contributed by atoms with Crippen molar-refractivity contribution < 1.29 is 17.9 Å². The molecule has 160 valence electrons. The van der Waals surface area contributed by atoms with Gasteiger partial charge in [0.2, 0.25) is 0 Å². The van der Waals surface area contributed by atoms with Gasteiger partial charge in [0, 0.05) is 0 Å². The summed E-state index contributed by atoms with van der Waals surface area (Å²) in [5.41, 5.74) is 1.88. The summed E-state index contributed by atoms with van der Waals surface area (Å²) in [5.74, 6) is 0.726. The van der Waals surface area contributed by atoms with Crippen LogP contribution in [0.4, 0.5) is 0 Å². The van der Waals surface area contributed by atoms with Crippen LogP contribution in [-0.2, 0) is 19.4 Å². The van der Waals surface area contributed by atoms with E-state index in [0.717, 1.165) is 43.2 Å². The second-order valence-corrected chi connectivity index (χ2v) is 11.6. The van der Waals surface area contributed by atoms with Crippen LogP contribution in [0.3, 0.4) is 0 Å². The van der Waals surface area contributed by atoms with E-state index in [1.165, 1.54) is 25.7 Å². The number of hydrogen-bond donors (Lipinski definition) is 0. The van der Waals surface area contributed by atoms with E-state index in [-0.39, 0.29) is 23.1 Å². The van der Waals surface area contributed by atoms with Crippen LogP contribution in [0.15, 0.2) is 23.1 Å². The van der Waals surface area contributed by atoms with Gasteiger partial charge in [0.15, 0.2) is 9.84 Å². The van der Waals surface area contributed by atoms with Gasteiger partial charge in [-0.05, 0) is 74.0 Å². The van der Waals surface area contributed by atoms with Crippen LogP contribution in [-0.4, -0.2) is 26.2 Å². The van der Waals surface area contributed by atoms with E-state index in [9.17, 15) is 13.2 Å². The van der Waals surface area contributed by atoms with Gasteiger partial charge in [-0.3, -0.25) is 4.79 Å². The highest BCUT2D eigenvalue weighted by Crippen LogP contribution is 2.47. The molecule has 4 rings (SSSR count). The van der Waals surface area contributed by atoms with Crippen LogP contribution in [0.25, 0.3) is 0 Å². The monoisotopic (exact) mass is 418 g/mol. The van der Waals surface area contributed by atoms with Crippen molar-refractivity contribution in [3.05, 3.63) is 29.3 Å². The fourth-order valence-electron chi connectivity index (χ4n) is 5.13. The van der Waals surface area contributed by atoms with E-state index >= 15 is 0 Å². The highest BCUT2D eigenvalue weighted by atomic mass is 32.2. The molecular formula is C24H34O4S. The SMILES string of the molecule is CCOC(=O)C(c1ccc(S(=O)(=O)C2CC2)c(C2CC2)c1)C(C)CC1CCCC1. The lowest BCUT2D eigenvalue weighted by atomic mass is 9.80. The van der Waals surface area contributed by atoms with Crippen LogP contribution < -0.4 is 0 Å². The van der Waals surface area contributed by atoms with Crippen LogP contribution in [0.2, 0.25) is 0 Å². The molecule has 0 saturated heterocycles. The number of carbonyl (C=O) groups is 1. The maximum absolute atomic E-state index is 12.9. The number of sulfone groups is 1. The van der Waals surface area contributed by atoms with Gasteiger partial charge in [0.1, 0.15) is 0 Å². The second-order valence-electron chi connectivity index (χ2n) is 9.41. The highest BCUT2D eigenvalue weighted by molar-refractivity contribution is 7.92. The molecule has 3 aliphatic carbocycles. The van der Waals surface area contributed by atoms with Gasteiger partial charge in [-0.15, -0.1) is 0 Å². The summed E-state index contributed by atoms with van der Waals surface area (Å²) in [6, 6.07) is 5.69. The van der Waals surface area contributed by atoms with Crippen molar-refractivity contribution in [1.29, 1.82) is 0 Å². The molecule has 3 aliphatic rings. The summed E-state index contributed by atoms with van der Waals surface area (Å²) >= 11 is 0. The van der Waals surface area contributed by atoms with E-state index in [4.69, 9.17) is 4.74 Å². The molecule has 1 aromatic rings. The third-order valence-electron chi connectivity index (χ3n) is 6.97. The van der Waals surface area contributed by atoms with Crippen molar-refractivity contribution >= 4 is 15.8 Å². The number of ether oxygens (including phenoxy) is 1. The minimum Gasteiger partial charge on any atom is -0.466 e. The molecule has 0 N–H and O–H groups in total. The van der Waals surface area contributed by atoms with E-state index in [1.54, 1.807) is 6.07 Å². The molecule has 0 aromatic heterocycles. The summed E-state index contributed by atoms with van der Waals surface area (Å²) in [5, 5.41) is -0.201. The maximum atomic E-state index is 12.9. The highest BCUT2D eigenvalue weighted by Gasteiger charge is 2.41. The Morgan fingerprint density at radius 1 is 1.10 bits per heavy atom. The Morgan fingerprint density at radius 3 is 2.38 bits per heavy atom. The third-order valence-corrected chi connectivity index (χ3v) is 9.30. The molecule has 0 radical (unpaired) electrons. The average molecular weight is 419 g/mol. The van der Waals surface area contributed by atoms with Gasteiger partial charge in [0.25, 0.3) is 0 Å². The van der Waals surface area contributed by atoms with E-state index in [2.05, 4.69) is 6.92 Å². The summed E-state index contributed by atoms with van der Waals surface area (Å²) in [6.45, 7) is 4.37. The van der Waals surface area contributed by atoms with Gasteiger partial charge < -0.3 is 4.74 Å². The molecule has 0 aliphatic heterocycles. The molecule has 2 unspecified atom stereocenters. The Kier molecular flexibility index (Phi) is 6.06. The van der Waals surface area contributed by atoms with Gasteiger partial charge in [-0.25, -0.2) is 8.42 Å². The van der Waals surface area contributed by atoms with Crippen LogP contribution in [0.5, 0.6) is 0 Å². The largest absolute Gasteiger partial charge is 0.466 e. The maximum Gasteiger partial charge on any atom is 0.313 e. The Labute approximate surface area is 175 Å². The topological polar surface area (TPSA) is 60.4 Å². The molecule has 2 atom stereocenters. The van der Waals surface area contributed by atoms with E-state index in [0.29, 0.717) is 23.3 Å². The molecule has 29 heavy (non-hydrogen) atoms. The smallest absolute Gasteiger partial charge is 0.313 e. The molecule has 0 heterocycles. The number of esters is 1. The second kappa shape index (κ2) is 8.41. The summed E-state index contributed by atoms with van der Waals surface area (Å²) in [7, 11) is -3.23. The lowest BCUT2D eigenvalue weighted by molar-refractivity contribution is -0.146. The van der Waals surface area contributed by atoms with Crippen molar-refractivity contribution in [2.45, 2.75) is 93.6 Å². The quantitative estimate of drug-likeness (QED) is 0.506. The lowest BCUT2D eigenvalue weighted by Gasteiger charge is -2.26. The van der Waals surface area contributed by atoms with Crippen molar-refractivity contribution in [3.8, 4) is 0 Å². The minimum absolute atomic E-state index is 0.169. The zero-order valence-corrected chi connectivity index (χ0v) is 18.5. The first-order valence-electron chi connectivity index (χ1n) is 11.5. The molecule has 5 heteroatoms. The van der Waals surface area contributed by atoms with E-state index < -0.39 is 9.84 Å². The molecule has 0 amide bonds. The standard InChI is InChI=1S/C24H34O4S/c1-3-28-24(25)23(16(2)14-17-6-4-5-7-17)19-10-13-22(21(15-19)18-8-9-18)29(26,27)20-11-12-20/h10,13,15-18,20,23H,3-9,11-12,14H2,1-2H3. The fraction of sp³-hybridized carbons (Fsp3) is 0.708. The molecule has 3 saturated carbocycles. The molecular weight excluding hydrogens is 384 g/mol. The number of benzene rings is 1. The van der Waals surface area contributed by atoms with Crippen molar-refractivity contribution in [1.82, 2.24) is 0 Å². The predicted molar refractivity (Wildman–Crippen MR) is 114 cm³/mol. The predicted octanol–water partition coefficient (Wildman–Crippen LogP) is 5.36. The van der Waals surface area contributed by atoms with Crippen LogP contribution >= 0.6 is 0 Å². The van der Waals surface area contributed by atoms with Gasteiger partial charge >= 0.3 is 5.97 Å². The molecule has 1 aromatic carbocycles. The van der Waals surface area contributed by atoms with Crippen molar-refractivity contribution in [3.63, 3.8) is 0 Å². The van der Waals surface area contributed by atoms with Crippen LogP contribution in [0, 0.1) is 11.8 Å². The van der Waals surface area contributed by atoms with Gasteiger partial charge in [0.05, 0.1) is 22.7 Å². The van der Waals surface area contributed by atoms with Crippen molar-refractivity contribution in [2.75, 3.05) is 6.61 Å². The van der Waals surface area contributed by atoms with Gasteiger partial charge in [-0.2, -0.15) is 0 Å². The number of carbonyl (C=O) groups excluding carboxylic acids is 1. The fourth-order valence-corrected chi connectivity index (χ4v) is 7.06. The Hall–Kier alpha value is -1.36. The minimum atomic E-state index is -3.23. The van der Waals surface area contributed by atoms with Gasteiger partial charge in [-0.1, -0.05) is 44.7 Å². The Bertz CT molecular complexity index is 846. The first-order chi connectivity index (χ1) is 13.9. The Balaban J connectivity index is 1.66. The normalized spacial score (nSPS) is 22.4. The zero-order chi connectivity index (χ0) is 20.6. The summed E-state index contributed by atoms with van der Waals surface area (Å²) < 4.78 is 31.3. The zero-order valence-electron chi connectivity index (χ0n) is 17.7. The molecule has 0 bridgehead atoms.